The number of ether oxygens (including phenoxy) is 1. The molecule has 166 valence electrons. The van der Waals surface area contributed by atoms with E-state index in [9.17, 15) is 29.3 Å². The van der Waals surface area contributed by atoms with Crippen LogP contribution in [0.15, 0.2) is 42.5 Å². The second-order valence-electron chi connectivity index (χ2n) is 7.48. The number of nitrogens with zero attached hydrogens (tertiary/aromatic N) is 2. The molecule has 0 saturated carbocycles. The fraction of sp³-hybridized carbons (Fsp3) is 0.273. The van der Waals surface area contributed by atoms with Gasteiger partial charge in [-0.1, -0.05) is 12.1 Å². The number of rotatable bonds is 7. The Bertz CT molecular complexity index is 1100. The molecule has 2 aromatic rings. The maximum Gasteiger partial charge on any atom is 0.311 e. The molecule has 10 nitrogen and oxygen atoms in total. The van der Waals surface area contributed by atoms with Gasteiger partial charge in [0.15, 0.2) is 12.4 Å². The predicted molar refractivity (Wildman–Crippen MR) is 112 cm³/mol. The van der Waals surface area contributed by atoms with Gasteiger partial charge in [-0.15, -0.1) is 0 Å². The van der Waals surface area contributed by atoms with Gasteiger partial charge in [-0.2, -0.15) is 0 Å². The number of carbonyl (C=O) groups is 4. The average molecular weight is 439 g/mol. The van der Waals surface area contributed by atoms with Crippen molar-refractivity contribution in [1.82, 2.24) is 10.4 Å². The Morgan fingerprint density at radius 2 is 1.75 bits per heavy atom. The molecular weight excluding hydrogens is 418 g/mol. The molecule has 0 aromatic heterocycles. The number of ketones is 1. The van der Waals surface area contributed by atoms with Crippen LogP contribution < -0.4 is 5.43 Å². The molecule has 1 aliphatic heterocycles. The molecule has 2 amide bonds. The highest BCUT2D eigenvalue weighted by atomic mass is 16.6. The standard InChI is InChI=1S/C22H21N3O7/c1-13-3-4-16(9-14(13)2)19(26)12-32-22(29)17-10-20(27)24(11-17)23-21(28)15-5-7-18(8-6-15)25(30)31/h3-9,17H,10-12H2,1-2H3,(H,23,28)/t17-/m0/s1. The lowest BCUT2D eigenvalue weighted by atomic mass is 10.0. The predicted octanol–water partition coefficient (Wildman–Crippen LogP) is 2.13. The maximum absolute atomic E-state index is 12.3. The van der Waals surface area contributed by atoms with Crippen molar-refractivity contribution in [3.8, 4) is 0 Å². The van der Waals surface area contributed by atoms with Crippen LogP contribution in [0, 0.1) is 29.9 Å². The summed E-state index contributed by atoms with van der Waals surface area (Å²) in [5.74, 6) is -3.01. The molecule has 0 aliphatic carbocycles. The normalized spacial score (nSPS) is 15.4. The molecule has 0 bridgehead atoms. The lowest BCUT2D eigenvalue weighted by molar-refractivity contribution is -0.384. The largest absolute Gasteiger partial charge is 0.457 e. The summed E-state index contributed by atoms with van der Waals surface area (Å²) >= 11 is 0. The third-order valence-electron chi connectivity index (χ3n) is 5.21. The summed E-state index contributed by atoms with van der Waals surface area (Å²) in [5.41, 5.74) is 4.75. The third-order valence-corrected chi connectivity index (χ3v) is 5.21. The Hall–Kier alpha value is -4.08. The Balaban J connectivity index is 1.53. The molecule has 1 aliphatic rings. The molecule has 0 unspecified atom stereocenters. The summed E-state index contributed by atoms with van der Waals surface area (Å²) in [4.78, 5) is 59.2. The number of nitro groups is 1. The van der Waals surface area contributed by atoms with Gasteiger partial charge in [0.05, 0.1) is 17.4 Å². The van der Waals surface area contributed by atoms with Crippen molar-refractivity contribution in [2.45, 2.75) is 20.3 Å². The van der Waals surface area contributed by atoms with Crippen LogP contribution in [0.2, 0.25) is 0 Å². The van der Waals surface area contributed by atoms with Crippen LogP contribution >= 0.6 is 0 Å². The molecule has 2 aromatic carbocycles. The average Bonchev–Trinajstić information content (AvgIpc) is 3.13. The second-order valence-corrected chi connectivity index (χ2v) is 7.48. The van der Waals surface area contributed by atoms with Crippen LogP contribution in [0.1, 0.15) is 38.3 Å². The summed E-state index contributed by atoms with van der Waals surface area (Å²) in [6.45, 7) is 3.25. The molecule has 0 spiro atoms. The summed E-state index contributed by atoms with van der Waals surface area (Å²) in [5, 5.41) is 11.7. The lowest BCUT2D eigenvalue weighted by Gasteiger charge is -2.17. The number of hydrogen-bond acceptors (Lipinski definition) is 7. The minimum atomic E-state index is -0.827. The summed E-state index contributed by atoms with van der Waals surface area (Å²) in [6.07, 6.45) is -0.169. The van der Waals surface area contributed by atoms with Crippen molar-refractivity contribution in [3.05, 3.63) is 74.8 Å². The van der Waals surface area contributed by atoms with Crippen LogP contribution in [0.25, 0.3) is 0 Å². The Morgan fingerprint density at radius 3 is 2.38 bits per heavy atom. The molecule has 10 heteroatoms. The van der Waals surface area contributed by atoms with Crippen molar-refractivity contribution in [2.75, 3.05) is 13.2 Å². The van der Waals surface area contributed by atoms with E-state index in [1.54, 1.807) is 12.1 Å². The molecule has 3 rings (SSSR count). The highest BCUT2D eigenvalue weighted by molar-refractivity contribution is 5.99. The van der Waals surface area contributed by atoms with E-state index in [1.807, 2.05) is 19.9 Å². The molecule has 1 fully saturated rings. The van der Waals surface area contributed by atoms with Crippen molar-refractivity contribution < 1.29 is 28.8 Å². The zero-order valence-corrected chi connectivity index (χ0v) is 17.5. The van der Waals surface area contributed by atoms with E-state index in [0.29, 0.717) is 5.56 Å². The minimum absolute atomic E-state index is 0.103. The number of aryl methyl sites for hydroxylation is 2. The number of esters is 1. The van der Waals surface area contributed by atoms with Crippen molar-refractivity contribution >= 4 is 29.3 Å². The number of carbonyl (C=O) groups excluding carboxylic acids is 4. The number of hydrogen-bond donors (Lipinski definition) is 1. The van der Waals surface area contributed by atoms with E-state index < -0.39 is 35.2 Å². The van der Waals surface area contributed by atoms with Gasteiger partial charge in [0.2, 0.25) is 5.91 Å². The molecule has 1 heterocycles. The lowest BCUT2D eigenvalue weighted by Crippen LogP contribution is -2.43. The maximum atomic E-state index is 12.3. The van der Waals surface area contributed by atoms with Gasteiger partial charge in [0, 0.05) is 29.7 Å². The van der Waals surface area contributed by atoms with Crippen molar-refractivity contribution in [2.24, 2.45) is 5.92 Å². The first kappa shape index (κ1) is 22.6. The number of Topliss-reactive ketones (excluding diaryl/α,β-unsaturated/α-hetero) is 1. The van der Waals surface area contributed by atoms with Crippen LogP contribution in [-0.2, 0) is 14.3 Å². The van der Waals surface area contributed by atoms with Gasteiger partial charge in [-0.05, 0) is 43.2 Å². The fourth-order valence-electron chi connectivity index (χ4n) is 3.15. The molecule has 32 heavy (non-hydrogen) atoms. The van der Waals surface area contributed by atoms with Gasteiger partial charge >= 0.3 is 5.97 Å². The van der Waals surface area contributed by atoms with Gasteiger partial charge in [0.25, 0.3) is 11.6 Å². The van der Waals surface area contributed by atoms with Crippen LogP contribution in [0.4, 0.5) is 5.69 Å². The fourth-order valence-corrected chi connectivity index (χ4v) is 3.15. The number of benzene rings is 2. The minimum Gasteiger partial charge on any atom is -0.457 e. The Morgan fingerprint density at radius 1 is 1.09 bits per heavy atom. The second kappa shape index (κ2) is 9.38. The Kier molecular flexibility index (Phi) is 6.62. The van der Waals surface area contributed by atoms with Crippen molar-refractivity contribution in [1.29, 1.82) is 0 Å². The summed E-state index contributed by atoms with van der Waals surface area (Å²) in [6, 6.07) is 10.1. The van der Waals surface area contributed by atoms with Gasteiger partial charge in [-0.3, -0.25) is 39.7 Å². The number of hydrazine groups is 1. The van der Waals surface area contributed by atoms with E-state index >= 15 is 0 Å². The molecule has 1 saturated heterocycles. The molecular formula is C22H21N3O7. The van der Waals surface area contributed by atoms with Crippen LogP contribution in [-0.4, -0.2) is 46.7 Å². The Labute approximate surface area is 183 Å². The zero-order valence-electron chi connectivity index (χ0n) is 17.5. The quantitative estimate of drug-likeness (QED) is 0.302. The highest BCUT2D eigenvalue weighted by Gasteiger charge is 2.36. The smallest absolute Gasteiger partial charge is 0.311 e. The SMILES string of the molecule is Cc1ccc(C(=O)COC(=O)[C@H]2CC(=O)N(NC(=O)c3ccc([N+](=O)[O-])cc3)C2)cc1C. The monoisotopic (exact) mass is 439 g/mol. The van der Waals surface area contributed by atoms with E-state index in [-0.39, 0.29) is 30.0 Å². The third kappa shape index (κ3) is 5.15. The van der Waals surface area contributed by atoms with Gasteiger partial charge in [0.1, 0.15) is 0 Å². The zero-order chi connectivity index (χ0) is 23.4. The van der Waals surface area contributed by atoms with Crippen LogP contribution in [0.3, 0.4) is 0 Å². The number of nitro benzene ring substituents is 1. The first-order valence-electron chi connectivity index (χ1n) is 9.78. The first-order valence-corrected chi connectivity index (χ1v) is 9.78. The molecule has 0 radical (unpaired) electrons. The summed E-state index contributed by atoms with van der Waals surface area (Å²) < 4.78 is 5.09. The summed E-state index contributed by atoms with van der Waals surface area (Å²) in [7, 11) is 0. The number of nitrogens with one attached hydrogen (secondary N) is 1. The van der Waals surface area contributed by atoms with Gasteiger partial charge in [-0.25, -0.2) is 0 Å². The van der Waals surface area contributed by atoms with Crippen LogP contribution in [0.5, 0.6) is 0 Å². The molecule has 1 atom stereocenters. The highest BCUT2D eigenvalue weighted by Crippen LogP contribution is 2.19. The van der Waals surface area contributed by atoms with Gasteiger partial charge < -0.3 is 4.74 Å². The van der Waals surface area contributed by atoms with Crippen molar-refractivity contribution in [3.63, 3.8) is 0 Å². The molecule has 1 N–H and O–H groups in total. The number of non-ortho nitro benzene ring substituents is 1. The topological polar surface area (TPSA) is 136 Å². The first-order chi connectivity index (χ1) is 15.2. The van der Waals surface area contributed by atoms with E-state index in [2.05, 4.69) is 5.43 Å². The number of amides is 2. The van der Waals surface area contributed by atoms with E-state index in [1.165, 1.54) is 24.3 Å². The van der Waals surface area contributed by atoms with E-state index in [4.69, 9.17) is 4.74 Å². The van der Waals surface area contributed by atoms with E-state index in [0.717, 1.165) is 16.1 Å².